The van der Waals surface area contributed by atoms with Gasteiger partial charge < -0.3 is 9.80 Å². The first kappa shape index (κ1) is 20.3. The minimum absolute atomic E-state index is 0.0191. The molecule has 2 amide bonds. The first-order valence-electron chi connectivity index (χ1n) is 10.3. The summed E-state index contributed by atoms with van der Waals surface area (Å²) in [6.07, 6.45) is 1.24. The standard InChI is InChI=1S/C22H30N4O2/c1-4-17-5-7-19(8-6-17)26-15-18(13-21(26)27)22(28)25-11-9-24(10-12-25)20(14-23)16(2)3/h5-8,16,18,20H,4,9-13,15H2,1-3H3. The molecule has 0 aromatic heterocycles. The van der Waals surface area contributed by atoms with Crippen LogP contribution in [0.5, 0.6) is 0 Å². The molecule has 0 N–H and O–H groups in total. The highest BCUT2D eigenvalue weighted by Crippen LogP contribution is 2.27. The highest BCUT2D eigenvalue weighted by molar-refractivity contribution is 6.00. The fourth-order valence-corrected chi connectivity index (χ4v) is 4.17. The Morgan fingerprint density at radius 1 is 1.18 bits per heavy atom. The average molecular weight is 383 g/mol. The van der Waals surface area contributed by atoms with Crippen LogP contribution in [-0.2, 0) is 16.0 Å². The monoisotopic (exact) mass is 382 g/mol. The fourth-order valence-electron chi connectivity index (χ4n) is 4.17. The summed E-state index contributed by atoms with van der Waals surface area (Å²) < 4.78 is 0. The Hall–Kier alpha value is -2.39. The van der Waals surface area contributed by atoms with E-state index in [2.05, 4.69) is 31.7 Å². The van der Waals surface area contributed by atoms with Crippen LogP contribution >= 0.6 is 0 Å². The minimum atomic E-state index is -0.276. The van der Waals surface area contributed by atoms with Crippen LogP contribution in [0.2, 0.25) is 0 Å². The maximum absolute atomic E-state index is 13.0. The van der Waals surface area contributed by atoms with Crippen LogP contribution in [0.4, 0.5) is 5.69 Å². The van der Waals surface area contributed by atoms with Gasteiger partial charge in [-0.3, -0.25) is 14.5 Å². The van der Waals surface area contributed by atoms with Crippen molar-refractivity contribution in [1.82, 2.24) is 9.80 Å². The van der Waals surface area contributed by atoms with E-state index < -0.39 is 0 Å². The summed E-state index contributed by atoms with van der Waals surface area (Å²) in [6, 6.07) is 10.3. The molecule has 0 bridgehead atoms. The van der Waals surface area contributed by atoms with E-state index in [1.165, 1.54) is 5.56 Å². The number of hydrogen-bond acceptors (Lipinski definition) is 4. The molecule has 0 spiro atoms. The van der Waals surface area contributed by atoms with Crippen LogP contribution in [0.15, 0.2) is 24.3 Å². The Balaban J connectivity index is 1.58. The van der Waals surface area contributed by atoms with Gasteiger partial charge in [0.15, 0.2) is 0 Å². The number of nitrogens with zero attached hydrogens (tertiary/aromatic N) is 4. The van der Waals surface area contributed by atoms with Crippen LogP contribution < -0.4 is 4.90 Å². The van der Waals surface area contributed by atoms with E-state index in [4.69, 9.17) is 0 Å². The zero-order chi connectivity index (χ0) is 20.3. The van der Waals surface area contributed by atoms with E-state index in [9.17, 15) is 14.9 Å². The van der Waals surface area contributed by atoms with Gasteiger partial charge in [-0.15, -0.1) is 0 Å². The van der Waals surface area contributed by atoms with Crippen molar-refractivity contribution < 1.29 is 9.59 Å². The van der Waals surface area contributed by atoms with E-state index in [1.54, 1.807) is 4.90 Å². The van der Waals surface area contributed by atoms with Crippen molar-refractivity contribution >= 4 is 17.5 Å². The third kappa shape index (κ3) is 4.20. The molecule has 2 aliphatic rings. The molecule has 2 unspecified atom stereocenters. The molecule has 2 aliphatic heterocycles. The third-order valence-electron chi connectivity index (χ3n) is 5.91. The molecular weight excluding hydrogens is 352 g/mol. The quantitative estimate of drug-likeness (QED) is 0.784. The lowest BCUT2D eigenvalue weighted by Crippen LogP contribution is -2.54. The van der Waals surface area contributed by atoms with Gasteiger partial charge in [0.05, 0.1) is 12.0 Å². The molecule has 0 radical (unpaired) electrons. The van der Waals surface area contributed by atoms with Crippen LogP contribution in [-0.4, -0.2) is 60.4 Å². The number of aryl methyl sites for hydroxylation is 1. The van der Waals surface area contributed by atoms with Gasteiger partial charge in [-0.25, -0.2) is 0 Å². The van der Waals surface area contributed by atoms with Gasteiger partial charge in [0.2, 0.25) is 11.8 Å². The first-order valence-corrected chi connectivity index (χ1v) is 10.3. The zero-order valence-corrected chi connectivity index (χ0v) is 17.1. The molecule has 3 rings (SSSR count). The second kappa shape index (κ2) is 8.74. The average Bonchev–Trinajstić information content (AvgIpc) is 3.10. The highest BCUT2D eigenvalue weighted by Gasteiger charge is 2.38. The summed E-state index contributed by atoms with van der Waals surface area (Å²) >= 11 is 0. The van der Waals surface area contributed by atoms with Crippen molar-refractivity contribution in [1.29, 1.82) is 5.26 Å². The first-order chi connectivity index (χ1) is 13.4. The fraction of sp³-hybridized carbons (Fsp3) is 0.591. The van der Waals surface area contributed by atoms with Crippen LogP contribution in [0, 0.1) is 23.2 Å². The molecular formula is C22H30N4O2. The lowest BCUT2D eigenvalue weighted by molar-refractivity contribution is -0.137. The number of carbonyl (C=O) groups is 2. The number of anilines is 1. The van der Waals surface area contributed by atoms with E-state index in [-0.39, 0.29) is 36.1 Å². The van der Waals surface area contributed by atoms with Gasteiger partial charge in [0.25, 0.3) is 0 Å². The normalized spacial score (nSPS) is 21.8. The summed E-state index contributed by atoms with van der Waals surface area (Å²) in [5.41, 5.74) is 2.11. The molecule has 0 saturated carbocycles. The molecule has 2 atom stereocenters. The zero-order valence-electron chi connectivity index (χ0n) is 17.1. The maximum atomic E-state index is 13.0. The Kier molecular flexibility index (Phi) is 6.35. The molecule has 1 aromatic rings. The molecule has 6 nitrogen and oxygen atoms in total. The highest BCUT2D eigenvalue weighted by atomic mass is 16.2. The van der Waals surface area contributed by atoms with E-state index >= 15 is 0 Å². The predicted octanol–water partition coefficient (Wildman–Crippen LogP) is 2.29. The van der Waals surface area contributed by atoms with Gasteiger partial charge in [-0.1, -0.05) is 32.9 Å². The van der Waals surface area contributed by atoms with Crippen LogP contribution in [0.25, 0.3) is 0 Å². The number of amides is 2. The van der Waals surface area contributed by atoms with Crippen molar-refractivity contribution in [2.75, 3.05) is 37.6 Å². The molecule has 2 fully saturated rings. The largest absolute Gasteiger partial charge is 0.340 e. The Bertz CT molecular complexity index is 745. The molecule has 1 aromatic carbocycles. The van der Waals surface area contributed by atoms with Crippen molar-refractivity contribution in [3.63, 3.8) is 0 Å². The predicted molar refractivity (Wildman–Crippen MR) is 109 cm³/mol. The topological polar surface area (TPSA) is 67.7 Å². The van der Waals surface area contributed by atoms with Crippen LogP contribution in [0.3, 0.4) is 0 Å². The number of benzene rings is 1. The lowest BCUT2D eigenvalue weighted by Gasteiger charge is -2.38. The molecule has 6 heteroatoms. The van der Waals surface area contributed by atoms with Gasteiger partial charge in [-0.2, -0.15) is 5.26 Å². The van der Waals surface area contributed by atoms with Crippen molar-refractivity contribution in [2.45, 2.75) is 39.7 Å². The number of piperazine rings is 1. The summed E-state index contributed by atoms with van der Waals surface area (Å²) in [5, 5.41) is 9.38. The lowest BCUT2D eigenvalue weighted by atomic mass is 10.0. The van der Waals surface area contributed by atoms with Gasteiger partial charge in [-0.05, 0) is 30.0 Å². The van der Waals surface area contributed by atoms with Gasteiger partial charge in [0.1, 0.15) is 6.04 Å². The van der Waals surface area contributed by atoms with Gasteiger partial charge >= 0.3 is 0 Å². The summed E-state index contributed by atoms with van der Waals surface area (Å²) in [5.74, 6) is 0.0819. The molecule has 2 heterocycles. The summed E-state index contributed by atoms with van der Waals surface area (Å²) in [7, 11) is 0. The SMILES string of the molecule is CCc1ccc(N2CC(C(=O)N3CCN(C(C#N)C(C)C)CC3)CC2=O)cc1. The Morgan fingerprint density at radius 2 is 1.82 bits per heavy atom. The van der Waals surface area contributed by atoms with Crippen LogP contribution in [0.1, 0.15) is 32.8 Å². The smallest absolute Gasteiger partial charge is 0.228 e. The summed E-state index contributed by atoms with van der Waals surface area (Å²) in [6.45, 7) is 9.34. The molecule has 2 saturated heterocycles. The number of hydrogen-bond donors (Lipinski definition) is 0. The number of rotatable bonds is 5. The van der Waals surface area contributed by atoms with Gasteiger partial charge in [0, 0.05) is 44.8 Å². The Labute approximate surface area is 167 Å². The van der Waals surface area contributed by atoms with E-state index in [0.717, 1.165) is 12.1 Å². The van der Waals surface area contributed by atoms with Crippen molar-refractivity contribution in [3.8, 4) is 6.07 Å². The van der Waals surface area contributed by atoms with Crippen molar-refractivity contribution in [2.24, 2.45) is 11.8 Å². The van der Waals surface area contributed by atoms with Crippen molar-refractivity contribution in [3.05, 3.63) is 29.8 Å². The second-order valence-electron chi connectivity index (χ2n) is 8.10. The second-order valence-corrected chi connectivity index (χ2v) is 8.10. The number of nitriles is 1. The maximum Gasteiger partial charge on any atom is 0.228 e. The minimum Gasteiger partial charge on any atom is -0.340 e. The summed E-state index contributed by atoms with van der Waals surface area (Å²) in [4.78, 5) is 31.2. The molecule has 0 aliphatic carbocycles. The number of carbonyl (C=O) groups excluding carboxylic acids is 2. The van der Waals surface area contributed by atoms with E-state index in [0.29, 0.717) is 32.7 Å². The van der Waals surface area contributed by atoms with E-state index in [1.807, 2.05) is 29.2 Å². The molecule has 28 heavy (non-hydrogen) atoms. The molecule has 150 valence electrons. The Morgan fingerprint density at radius 3 is 2.36 bits per heavy atom. The third-order valence-corrected chi connectivity index (χ3v) is 5.91.